The molecule has 0 spiro atoms. The third kappa shape index (κ3) is 5.57. The molecular weight excluding hydrogens is 403 g/mol. The first-order chi connectivity index (χ1) is 15.0. The van der Waals surface area contributed by atoms with Gasteiger partial charge in [-0.2, -0.15) is 0 Å². The van der Waals surface area contributed by atoms with Gasteiger partial charge in [0.05, 0.1) is 18.4 Å². The molecule has 1 amide bonds. The lowest BCUT2D eigenvalue weighted by molar-refractivity contribution is -0.122. The molecule has 0 bridgehead atoms. The number of aromatic nitrogens is 1. The Balaban J connectivity index is 1.85. The van der Waals surface area contributed by atoms with Crippen LogP contribution in [0.4, 0.5) is 4.39 Å². The highest BCUT2D eigenvalue weighted by molar-refractivity contribution is 5.90. The maximum Gasteiger partial charge on any atom is 0.339 e. The zero-order valence-corrected chi connectivity index (χ0v) is 17.0. The van der Waals surface area contributed by atoms with Crippen molar-refractivity contribution in [1.29, 1.82) is 0 Å². The molecular formula is C23H21FN2O5. The summed E-state index contributed by atoms with van der Waals surface area (Å²) in [5, 5.41) is 2.45. The van der Waals surface area contributed by atoms with Crippen LogP contribution in [-0.4, -0.2) is 37.6 Å². The maximum absolute atomic E-state index is 13.8. The highest BCUT2D eigenvalue weighted by Crippen LogP contribution is 2.30. The number of methoxy groups -OCH3 is 1. The number of halogens is 1. The topological polar surface area (TPSA) is 86.8 Å². The van der Waals surface area contributed by atoms with Crippen molar-refractivity contribution in [2.24, 2.45) is 0 Å². The number of rotatable bonds is 8. The second kappa shape index (κ2) is 10.2. The van der Waals surface area contributed by atoms with E-state index in [1.165, 1.54) is 50.6 Å². The van der Waals surface area contributed by atoms with Crippen molar-refractivity contribution in [2.45, 2.75) is 6.10 Å². The van der Waals surface area contributed by atoms with E-state index in [0.29, 0.717) is 17.0 Å². The number of carbonyl (C=O) groups excluding carboxylic acids is 2. The summed E-state index contributed by atoms with van der Waals surface area (Å²) in [4.78, 5) is 28.5. The van der Waals surface area contributed by atoms with Crippen LogP contribution in [0.1, 0.15) is 27.7 Å². The van der Waals surface area contributed by atoms with Gasteiger partial charge in [0.1, 0.15) is 5.82 Å². The number of hydrogen-bond donors (Lipinski definition) is 1. The first kappa shape index (κ1) is 21.8. The van der Waals surface area contributed by atoms with Crippen LogP contribution in [0.25, 0.3) is 0 Å². The molecule has 3 aromatic rings. The molecule has 0 aliphatic heterocycles. The van der Waals surface area contributed by atoms with Crippen molar-refractivity contribution in [2.75, 3.05) is 20.8 Å². The Hall–Kier alpha value is -3.94. The molecule has 1 aromatic heterocycles. The Labute approximate surface area is 178 Å². The molecule has 0 saturated carbocycles. The van der Waals surface area contributed by atoms with E-state index in [-0.39, 0.29) is 23.8 Å². The summed E-state index contributed by atoms with van der Waals surface area (Å²) in [5.41, 5.74) is 1.10. The maximum atomic E-state index is 13.8. The van der Waals surface area contributed by atoms with Crippen molar-refractivity contribution in [3.8, 4) is 11.5 Å². The number of esters is 1. The number of ether oxygens (including phenoxy) is 3. The summed E-state index contributed by atoms with van der Waals surface area (Å²) in [7, 11) is 2.92. The molecule has 7 nitrogen and oxygen atoms in total. The Kier molecular flexibility index (Phi) is 7.16. The Morgan fingerprint density at radius 2 is 1.90 bits per heavy atom. The second-order valence-corrected chi connectivity index (χ2v) is 6.42. The summed E-state index contributed by atoms with van der Waals surface area (Å²) >= 11 is 0. The van der Waals surface area contributed by atoms with Crippen molar-refractivity contribution in [3.63, 3.8) is 0 Å². The quantitative estimate of drug-likeness (QED) is 0.559. The zero-order chi connectivity index (χ0) is 22.2. The lowest BCUT2D eigenvalue weighted by atomic mass is 10.1. The van der Waals surface area contributed by atoms with E-state index in [0.717, 1.165) is 0 Å². The third-order valence-corrected chi connectivity index (χ3v) is 4.37. The van der Waals surface area contributed by atoms with Gasteiger partial charge in [0, 0.05) is 18.8 Å². The first-order valence-electron chi connectivity index (χ1n) is 9.40. The molecule has 0 radical (unpaired) electrons. The van der Waals surface area contributed by atoms with Crippen molar-refractivity contribution >= 4 is 11.9 Å². The predicted molar refractivity (Wildman–Crippen MR) is 110 cm³/mol. The van der Waals surface area contributed by atoms with Crippen LogP contribution in [0.5, 0.6) is 11.5 Å². The number of benzene rings is 2. The number of nitrogens with one attached hydrogen (secondary N) is 1. The fourth-order valence-electron chi connectivity index (χ4n) is 2.80. The summed E-state index contributed by atoms with van der Waals surface area (Å²) in [6.45, 7) is -0.196. The Morgan fingerprint density at radius 3 is 2.58 bits per heavy atom. The van der Waals surface area contributed by atoms with E-state index in [4.69, 9.17) is 14.2 Å². The van der Waals surface area contributed by atoms with Crippen LogP contribution < -0.4 is 14.8 Å². The molecule has 2 aromatic carbocycles. The number of nitrogens with zero attached hydrogens (tertiary/aromatic N) is 1. The molecule has 0 aliphatic rings. The fourth-order valence-corrected chi connectivity index (χ4v) is 2.80. The summed E-state index contributed by atoms with van der Waals surface area (Å²) in [5.74, 6) is -0.851. The normalized spacial score (nSPS) is 11.3. The van der Waals surface area contributed by atoms with Gasteiger partial charge in [-0.25, -0.2) is 9.18 Å². The molecule has 31 heavy (non-hydrogen) atoms. The molecule has 0 aliphatic carbocycles. The van der Waals surface area contributed by atoms with Gasteiger partial charge in [0.25, 0.3) is 5.91 Å². The van der Waals surface area contributed by atoms with Gasteiger partial charge in [0.15, 0.2) is 24.2 Å². The molecule has 8 heteroatoms. The Morgan fingerprint density at radius 1 is 1.06 bits per heavy atom. The smallest absolute Gasteiger partial charge is 0.339 e. The van der Waals surface area contributed by atoms with Gasteiger partial charge in [-0.05, 0) is 42.5 Å². The minimum atomic E-state index is -0.903. The molecule has 1 N–H and O–H groups in total. The van der Waals surface area contributed by atoms with Gasteiger partial charge in [-0.3, -0.25) is 9.78 Å². The average molecular weight is 424 g/mol. The highest BCUT2D eigenvalue weighted by atomic mass is 19.1. The fraction of sp³-hybridized carbons (Fsp3) is 0.174. The largest absolute Gasteiger partial charge is 0.493 e. The zero-order valence-electron chi connectivity index (χ0n) is 17.0. The van der Waals surface area contributed by atoms with Gasteiger partial charge in [-0.15, -0.1) is 0 Å². The minimum absolute atomic E-state index is 0.196. The van der Waals surface area contributed by atoms with Gasteiger partial charge < -0.3 is 19.5 Å². The number of pyridine rings is 1. The molecule has 160 valence electrons. The van der Waals surface area contributed by atoms with Crippen LogP contribution >= 0.6 is 0 Å². The molecule has 0 fully saturated rings. The lowest BCUT2D eigenvalue weighted by Gasteiger charge is -2.18. The number of amides is 1. The molecule has 1 heterocycles. The molecule has 1 atom stereocenters. The Bertz CT molecular complexity index is 1060. The van der Waals surface area contributed by atoms with E-state index < -0.39 is 17.9 Å². The minimum Gasteiger partial charge on any atom is -0.493 e. The SMILES string of the molecule is CNC(=O)COc1ccc(C(=O)OC(c2cccc(F)c2)c2ccccn2)cc1OC. The van der Waals surface area contributed by atoms with Crippen molar-refractivity contribution in [1.82, 2.24) is 10.3 Å². The van der Waals surface area contributed by atoms with Gasteiger partial charge in [-0.1, -0.05) is 18.2 Å². The summed E-state index contributed by atoms with van der Waals surface area (Å²) in [6, 6.07) is 15.4. The summed E-state index contributed by atoms with van der Waals surface area (Å²) in [6.07, 6.45) is 0.663. The lowest BCUT2D eigenvalue weighted by Crippen LogP contribution is -2.25. The van der Waals surface area contributed by atoms with E-state index >= 15 is 0 Å². The molecule has 0 saturated heterocycles. The molecule has 1 unspecified atom stereocenters. The standard InChI is InChI=1S/C23H21FN2O5/c1-25-21(27)14-30-19-10-9-16(13-20(19)29-2)23(28)31-22(18-8-3-4-11-26-18)15-6-5-7-17(24)12-15/h3-13,22H,14H2,1-2H3,(H,25,27). The summed E-state index contributed by atoms with van der Waals surface area (Å²) < 4.78 is 30.1. The number of likely N-dealkylation sites (N-methyl/N-ethyl adjacent to an activating group) is 1. The van der Waals surface area contributed by atoms with Crippen molar-refractivity contribution < 1.29 is 28.2 Å². The average Bonchev–Trinajstić information content (AvgIpc) is 2.81. The number of hydrogen-bond acceptors (Lipinski definition) is 6. The van der Waals surface area contributed by atoms with Crippen LogP contribution in [0.2, 0.25) is 0 Å². The first-order valence-corrected chi connectivity index (χ1v) is 9.40. The van der Waals surface area contributed by atoms with Gasteiger partial charge in [0.2, 0.25) is 0 Å². The highest BCUT2D eigenvalue weighted by Gasteiger charge is 2.23. The van der Waals surface area contributed by atoms with E-state index in [1.807, 2.05) is 0 Å². The van der Waals surface area contributed by atoms with E-state index in [1.54, 1.807) is 30.5 Å². The van der Waals surface area contributed by atoms with Crippen LogP contribution in [0, 0.1) is 5.82 Å². The molecule has 3 rings (SSSR count). The monoisotopic (exact) mass is 424 g/mol. The predicted octanol–water partition coefficient (Wildman–Crippen LogP) is 3.30. The van der Waals surface area contributed by atoms with Crippen LogP contribution in [0.15, 0.2) is 66.9 Å². The van der Waals surface area contributed by atoms with E-state index in [9.17, 15) is 14.0 Å². The van der Waals surface area contributed by atoms with Crippen molar-refractivity contribution in [3.05, 3.63) is 89.5 Å². The third-order valence-electron chi connectivity index (χ3n) is 4.37. The van der Waals surface area contributed by atoms with Gasteiger partial charge >= 0.3 is 5.97 Å². The number of carbonyl (C=O) groups is 2. The van der Waals surface area contributed by atoms with E-state index in [2.05, 4.69) is 10.3 Å². The van der Waals surface area contributed by atoms with Crippen LogP contribution in [0.3, 0.4) is 0 Å². The van der Waals surface area contributed by atoms with Crippen LogP contribution in [-0.2, 0) is 9.53 Å². The second-order valence-electron chi connectivity index (χ2n) is 6.42.